The van der Waals surface area contributed by atoms with Crippen LogP contribution in [0.4, 0.5) is 4.79 Å². The molecule has 0 aliphatic heterocycles. The summed E-state index contributed by atoms with van der Waals surface area (Å²) in [6, 6.07) is 19.8. The van der Waals surface area contributed by atoms with E-state index in [1.54, 1.807) is 12.1 Å². The van der Waals surface area contributed by atoms with E-state index >= 15 is 0 Å². The summed E-state index contributed by atoms with van der Waals surface area (Å²) in [5.74, 6) is 1.40. The Labute approximate surface area is 241 Å². The predicted octanol–water partition coefficient (Wildman–Crippen LogP) is 8.51. The third kappa shape index (κ3) is 6.51. The van der Waals surface area contributed by atoms with Gasteiger partial charge in [0.2, 0.25) is 0 Å². The van der Waals surface area contributed by atoms with Crippen molar-refractivity contribution in [1.82, 2.24) is 19.1 Å². The first kappa shape index (κ1) is 28.1. The zero-order chi connectivity index (χ0) is 28.8. The van der Waals surface area contributed by atoms with E-state index in [4.69, 9.17) is 19.8 Å². The van der Waals surface area contributed by atoms with E-state index in [1.807, 2.05) is 30.6 Å². The Bertz CT molecular complexity index is 1630. The molecule has 212 valence electrons. The molecule has 0 radical (unpaired) electrons. The molecule has 2 aromatic heterocycles. The topological polar surface area (TPSA) is 82.2 Å². The molecule has 41 heavy (non-hydrogen) atoms. The first-order chi connectivity index (χ1) is 20.0. The van der Waals surface area contributed by atoms with E-state index in [2.05, 4.69) is 60.4 Å². The number of imidazole rings is 2. The van der Waals surface area contributed by atoms with Crippen LogP contribution in [0.5, 0.6) is 5.75 Å². The number of fused-ring (bicyclic) bond motifs is 1. The molecule has 0 atom stereocenters. The Morgan fingerprint density at radius 1 is 0.951 bits per heavy atom. The largest absolute Gasteiger partial charge is 0.511 e. The van der Waals surface area contributed by atoms with E-state index in [9.17, 15) is 4.79 Å². The maximum atomic E-state index is 11.1. The number of aromatic nitrogens is 4. The molecule has 7 nitrogen and oxygen atoms in total. The summed E-state index contributed by atoms with van der Waals surface area (Å²) in [5.41, 5.74) is 8.18. The minimum absolute atomic E-state index is 0.324. The van der Waals surface area contributed by atoms with Crippen LogP contribution < -0.4 is 4.74 Å². The van der Waals surface area contributed by atoms with Crippen molar-refractivity contribution < 1.29 is 14.6 Å². The summed E-state index contributed by atoms with van der Waals surface area (Å²) in [6.07, 6.45) is 9.62. The van der Waals surface area contributed by atoms with Crippen molar-refractivity contribution >= 4 is 17.2 Å². The molecule has 0 fully saturated rings. The van der Waals surface area contributed by atoms with E-state index in [-0.39, 0.29) is 0 Å². The fraction of sp³-hybridized carbons (Fsp3) is 0.324. The third-order valence-electron chi connectivity index (χ3n) is 7.49. The molecule has 0 aliphatic carbocycles. The number of unbranched alkanes of at least 4 members (excludes halogenated alkanes) is 3. The minimum atomic E-state index is -1.32. The normalized spacial score (nSPS) is 11.3. The van der Waals surface area contributed by atoms with Gasteiger partial charge in [0.25, 0.3) is 0 Å². The number of carbonyl (C=O) groups is 1. The van der Waals surface area contributed by atoms with Gasteiger partial charge in [0.05, 0.1) is 23.1 Å². The van der Waals surface area contributed by atoms with Crippen molar-refractivity contribution in [2.45, 2.75) is 72.4 Å². The van der Waals surface area contributed by atoms with Gasteiger partial charge in [0.1, 0.15) is 11.6 Å². The average molecular weight is 551 g/mol. The molecular formula is C34H38N4O3. The van der Waals surface area contributed by atoms with Crippen LogP contribution in [0.25, 0.3) is 33.4 Å². The monoisotopic (exact) mass is 550 g/mol. The van der Waals surface area contributed by atoms with Gasteiger partial charge in [0, 0.05) is 36.8 Å². The molecule has 1 N–H and O–H groups in total. The molecule has 0 amide bonds. The highest BCUT2D eigenvalue weighted by Gasteiger charge is 2.16. The number of hydrogen-bond donors (Lipinski definition) is 1. The summed E-state index contributed by atoms with van der Waals surface area (Å²) < 4.78 is 9.52. The van der Waals surface area contributed by atoms with E-state index in [0.717, 1.165) is 69.8 Å². The van der Waals surface area contributed by atoms with Gasteiger partial charge in [-0.15, -0.1) is 0 Å². The lowest BCUT2D eigenvalue weighted by molar-refractivity contribution is 0.144. The Morgan fingerprint density at radius 2 is 1.76 bits per heavy atom. The average Bonchev–Trinajstić information content (AvgIpc) is 3.57. The van der Waals surface area contributed by atoms with Gasteiger partial charge in [0.15, 0.2) is 0 Å². The highest BCUT2D eigenvalue weighted by molar-refractivity contribution is 5.85. The summed E-state index contributed by atoms with van der Waals surface area (Å²) in [7, 11) is 0. The number of ether oxygens (including phenoxy) is 1. The second-order valence-corrected chi connectivity index (χ2v) is 10.6. The van der Waals surface area contributed by atoms with E-state index in [0.29, 0.717) is 12.3 Å². The molecule has 0 saturated heterocycles. The van der Waals surface area contributed by atoms with Crippen LogP contribution >= 0.6 is 0 Å². The predicted molar refractivity (Wildman–Crippen MR) is 163 cm³/mol. The van der Waals surface area contributed by atoms with Gasteiger partial charge >= 0.3 is 6.16 Å². The zero-order valence-corrected chi connectivity index (χ0v) is 24.1. The maximum Gasteiger partial charge on any atom is 0.511 e. The zero-order valence-electron chi connectivity index (χ0n) is 24.1. The Morgan fingerprint density at radius 3 is 2.51 bits per heavy atom. The molecule has 0 saturated carbocycles. The molecule has 7 heteroatoms. The van der Waals surface area contributed by atoms with Crippen molar-refractivity contribution in [2.24, 2.45) is 0 Å². The third-order valence-corrected chi connectivity index (χ3v) is 7.49. The number of rotatable bonds is 12. The highest BCUT2D eigenvalue weighted by Crippen LogP contribution is 2.32. The maximum absolute atomic E-state index is 11.1. The molecule has 3 aromatic carbocycles. The summed E-state index contributed by atoms with van der Waals surface area (Å²) in [5, 5.41) is 9.11. The number of benzene rings is 3. The minimum Gasteiger partial charge on any atom is -0.449 e. The van der Waals surface area contributed by atoms with Crippen molar-refractivity contribution in [3.8, 4) is 28.1 Å². The van der Waals surface area contributed by atoms with Crippen LogP contribution in [-0.4, -0.2) is 30.4 Å². The van der Waals surface area contributed by atoms with Crippen LogP contribution in [0.1, 0.15) is 62.9 Å². The van der Waals surface area contributed by atoms with Crippen LogP contribution in [0.15, 0.2) is 73.2 Å². The van der Waals surface area contributed by atoms with E-state index in [1.165, 1.54) is 25.7 Å². The molecule has 0 spiro atoms. The van der Waals surface area contributed by atoms with Gasteiger partial charge in [-0.25, -0.2) is 14.8 Å². The van der Waals surface area contributed by atoms with Crippen molar-refractivity contribution in [1.29, 1.82) is 0 Å². The second-order valence-electron chi connectivity index (χ2n) is 10.6. The Hall–Kier alpha value is -4.39. The summed E-state index contributed by atoms with van der Waals surface area (Å²) in [6.45, 7) is 8.23. The van der Waals surface area contributed by atoms with Gasteiger partial charge in [-0.05, 0) is 54.7 Å². The lowest BCUT2D eigenvalue weighted by Crippen LogP contribution is -2.05. The van der Waals surface area contributed by atoms with E-state index < -0.39 is 6.16 Å². The second kappa shape index (κ2) is 12.9. The first-order valence-electron chi connectivity index (χ1n) is 14.6. The highest BCUT2D eigenvalue weighted by atomic mass is 16.7. The molecule has 2 heterocycles. The van der Waals surface area contributed by atoms with Crippen molar-refractivity contribution in [3.63, 3.8) is 0 Å². The molecule has 0 bridgehead atoms. The fourth-order valence-electron chi connectivity index (χ4n) is 5.39. The molecular weight excluding hydrogens is 512 g/mol. The van der Waals surface area contributed by atoms with Crippen LogP contribution in [0.2, 0.25) is 0 Å². The smallest absolute Gasteiger partial charge is 0.449 e. The summed E-state index contributed by atoms with van der Waals surface area (Å²) >= 11 is 0. The molecule has 5 aromatic rings. The quantitative estimate of drug-likeness (QED) is 0.0956. The van der Waals surface area contributed by atoms with Gasteiger partial charge in [-0.3, -0.25) is 0 Å². The lowest BCUT2D eigenvalue weighted by atomic mass is 10.0. The van der Waals surface area contributed by atoms with Crippen LogP contribution in [0, 0.1) is 6.92 Å². The molecule has 5 rings (SSSR count). The van der Waals surface area contributed by atoms with Gasteiger partial charge < -0.3 is 19.0 Å². The van der Waals surface area contributed by atoms with Crippen LogP contribution in [-0.2, 0) is 19.5 Å². The lowest BCUT2D eigenvalue weighted by Gasteiger charge is -2.12. The van der Waals surface area contributed by atoms with Crippen LogP contribution in [0.3, 0.4) is 0 Å². The number of hydrogen-bond acceptors (Lipinski definition) is 4. The number of carboxylic acid groups (broad SMARTS) is 1. The molecule has 0 unspecified atom stereocenters. The standard InChI is InChI=1S/C34H38N4O3/c1-4-6-7-10-18-37-22-29(35-23-37)27-19-24(3)33-30(20-27)38(32(36-33)11-5-2)21-25-14-16-26(17-15-25)28-12-8-9-13-31(28)41-34(39)40/h8-9,12-17,19-20,22-23H,4-7,10-11,18,21H2,1-3H3,(H,39,40). The Kier molecular flexibility index (Phi) is 8.82. The van der Waals surface area contributed by atoms with Gasteiger partial charge in [-0.1, -0.05) is 75.6 Å². The first-order valence-corrected chi connectivity index (χ1v) is 14.6. The Balaban J connectivity index is 1.44. The number of nitrogens with zero attached hydrogens (tertiary/aromatic N) is 4. The fourth-order valence-corrected chi connectivity index (χ4v) is 5.39. The van der Waals surface area contributed by atoms with Crippen molar-refractivity contribution in [3.05, 3.63) is 90.1 Å². The molecule has 0 aliphatic rings. The van der Waals surface area contributed by atoms with Gasteiger partial charge in [-0.2, -0.15) is 0 Å². The van der Waals surface area contributed by atoms with Crippen molar-refractivity contribution in [2.75, 3.05) is 0 Å². The SMILES string of the molecule is CCCCCCn1cnc(-c2cc(C)c3nc(CCC)n(Cc4ccc(-c5ccccc5OC(=O)O)cc4)c3c2)c1. The number of aryl methyl sites for hydroxylation is 3. The summed E-state index contributed by atoms with van der Waals surface area (Å²) in [4.78, 5) is 20.9. The number of para-hydroxylation sites is 1.